The van der Waals surface area contributed by atoms with E-state index in [1.54, 1.807) is 29.4 Å². The maximum Gasteiger partial charge on any atom is 0.328 e. The van der Waals surface area contributed by atoms with Crippen molar-refractivity contribution >= 4 is 5.97 Å². The van der Waals surface area contributed by atoms with E-state index in [-0.39, 0.29) is 0 Å². The predicted octanol–water partition coefficient (Wildman–Crippen LogP) is 1.89. The summed E-state index contributed by atoms with van der Waals surface area (Å²) in [7, 11) is 0. The monoisotopic (exact) mass is 272 g/mol. The minimum absolute atomic E-state index is 0.499. The van der Waals surface area contributed by atoms with Gasteiger partial charge in [-0.1, -0.05) is 19.9 Å². The standard InChI is InChI=1S/C14H16N4O2/c1-10-8-11(14(2,3)5-4-12(19)20)17-13(16-10)18-7-6-15-9-18/h4-9H,1-3H3,(H,19,20). The molecular formula is C14H16N4O2. The van der Waals surface area contributed by atoms with Crippen molar-refractivity contribution in [2.45, 2.75) is 26.2 Å². The van der Waals surface area contributed by atoms with E-state index < -0.39 is 11.4 Å². The number of hydrogen-bond acceptors (Lipinski definition) is 4. The third-order valence-corrected chi connectivity index (χ3v) is 2.88. The van der Waals surface area contributed by atoms with Crippen molar-refractivity contribution in [3.63, 3.8) is 0 Å². The lowest BCUT2D eigenvalue weighted by molar-refractivity contribution is -0.131. The first kappa shape index (κ1) is 13.9. The molecule has 0 unspecified atom stereocenters. The van der Waals surface area contributed by atoms with Gasteiger partial charge in [0.15, 0.2) is 0 Å². The van der Waals surface area contributed by atoms with Crippen molar-refractivity contribution in [3.8, 4) is 5.95 Å². The topological polar surface area (TPSA) is 80.9 Å². The number of aromatic nitrogens is 4. The Morgan fingerprint density at radius 2 is 2.15 bits per heavy atom. The van der Waals surface area contributed by atoms with E-state index >= 15 is 0 Å². The molecule has 6 nitrogen and oxygen atoms in total. The summed E-state index contributed by atoms with van der Waals surface area (Å²) in [6.45, 7) is 5.69. The SMILES string of the molecule is Cc1cc(C(C)(C)C=CC(=O)O)nc(-n2ccnc2)n1. The lowest BCUT2D eigenvalue weighted by atomic mass is 9.88. The molecule has 0 aromatic carbocycles. The summed E-state index contributed by atoms with van der Waals surface area (Å²) in [5, 5.41) is 8.75. The van der Waals surface area contributed by atoms with Crippen molar-refractivity contribution in [2.75, 3.05) is 0 Å². The van der Waals surface area contributed by atoms with E-state index in [1.807, 2.05) is 26.8 Å². The predicted molar refractivity (Wildman–Crippen MR) is 73.7 cm³/mol. The Morgan fingerprint density at radius 3 is 2.75 bits per heavy atom. The molecule has 0 radical (unpaired) electrons. The molecule has 0 amide bonds. The zero-order valence-corrected chi connectivity index (χ0v) is 11.6. The second kappa shape index (κ2) is 5.24. The molecule has 104 valence electrons. The molecule has 0 aliphatic carbocycles. The molecule has 20 heavy (non-hydrogen) atoms. The zero-order chi connectivity index (χ0) is 14.8. The van der Waals surface area contributed by atoms with Crippen LogP contribution in [0.5, 0.6) is 0 Å². The average Bonchev–Trinajstić information content (AvgIpc) is 2.89. The van der Waals surface area contributed by atoms with Gasteiger partial charge >= 0.3 is 5.97 Å². The molecule has 0 spiro atoms. The van der Waals surface area contributed by atoms with Crippen LogP contribution in [0.15, 0.2) is 36.9 Å². The van der Waals surface area contributed by atoms with Crippen LogP contribution in [0.2, 0.25) is 0 Å². The molecule has 2 heterocycles. The number of carboxylic acids is 1. The molecule has 6 heteroatoms. The van der Waals surface area contributed by atoms with Gasteiger partial charge < -0.3 is 5.11 Å². The smallest absolute Gasteiger partial charge is 0.328 e. The van der Waals surface area contributed by atoms with Gasteiger partial charge in [-0.25, -0.2) is 19.7 Å². The minimum Gasteiger partial charge on any atom is -0.478 e. The van der Waals surface area contributed by atoms with Gasteiger partial charge in [-0.15, -0.1) is 0 Å². The van der Waals surface area contributed by atoms with Crippen LogP contribution in [0.25, 0.3) is 5.95 Å². The van der Waals surface area contributed by atoms with Gasteiger partial charge in [0, 0.05) is 29.6 Å². The molecular weight excluding hydrogens is 256 g/mol. The van der Waals surface area contributed by atoms with Gasteiger partial charge in [0.25, 0.3) is 0 Å². The first-order chi connectivity index (χ1) is 9.38. The van der Waals surface area contributed by atoms with Gasteiger partial charge in [0.1, 0.15) is 6.33 Å². The van der Waals surface area contributed by atoms with Crippen molar-refractivity contribution in [1.29, 1.82) is 0 Å². The maximum absolute atomic E-state index is 10.7. The van der Waals surface area contributed by atoms with Gasteiger partial charge in [0.05, 0.1) is 5.69 Å². The Balaban J connectivity index is 2.44. The molecule has 0 saturated carbocycles. The Bertz CT molecular complexity index is 645. The number of aliphatic carboxylic acids is 1. The van der Waals surface area contributed by atoms with E-state index in [0.29, 0.717) is 5.95 Å². The van der Waals surface area contributed by atoms with Gasteiger partial charge in [0.2, 0.25) is 5.95 Å². The summed E-state index contributed by atoms with van der Waals surface area (Å²) in [6, 6.07) is 1.85. The summed E-state index contributed by atoms with van der Waals surface area (Å²) in [5.74, 6) is -0.451. The zero-order valence-electron chi connectivity index (χ0n) is 11.6. The average molecular weight is 272 g/mol. The lowest BCUT2D eigenvalue weighted by Crippen LogP contribution is -2.18. The Hall–Kier alpha value is -2.50. The molecule has 2 aromatic rings. The molecule has 0 atom stereocenters. The number of hydrogen-bond donors (Lipinski definition) is 1. The third-order valence-electron chi connectivity index (χ3n) is 2.88. The minimum atomic E-state index is -0.973. The summed E-state index contributed by atoms with van der Waals surface area (Å²) in [5.41, 5.74) is 1.07. The molecule has 0 saturated heterocycles. The molecule has 0 aliphatic rings. The Kier molecular flexibility index (Phi) is 3.65. The summed E-state index contributed by atoms with van der Waals surface area (Å²) in [4.78, 5) is 23.5. The number of carboxylic acid groups (broad SMARTS) is 1. The highest BCUT2D eigenvalue weighted by molar-refractivity contribution is 5.80. The van der Waals surface area contributed by atoms with Crippen LogP contribution in [0.3, 0.4) is 0 Å². The van der Waals surface area contributed by atoms with Crippen LogP contribution >= 0.6 is 0 Å². The van der Waals surface area contributed by atoms with Gasteiger partial charge in [-0.3, -0.25) is 4.57 Å². The molecule has 2 rings (SSSR count). The normalized spacial score (nSPS) is 11.9. The van der Waals surface area contributed by atoms with E-state index in [0.717, 1.165) is 17.5 Å². The van der Waals surface area contributed by atoms with Crippen LogP contribution in [0.1, 0.15) is 25.2 Å². The number of rotatable bonds is 4. The third kappa shape index (κ3) is 3.09. The Morgan fingerprint density at radius 1 is 1.40 bits per heavy atom. The van der Waals surface area contributed by atoms with Crippen LogP contribution in [0, 0.1) is 6.92 Å². The number of allylic oxidation sites excluding steroid dienone is 1. The molecule has 0 aliphatic heterocycles. The largest absolute Gasteiger partial charge is 0.478 e. The number of imidazole rings is 1. The van der Waals surface area contributed by atoms with E-state index in [1.165, 1.54) is 0 Å². The fraction of sp³-hybridized carbons (Fsp3) is 0.286. The second-order valence-electron chi connectivity index (χ2n) is 5.06. The first-order valence-electron chi connectivity index (χ1n) is 6.15. The van der Waals surface area contributed by atoms with Crippen molar-refractivity contribution in [3.05, 3.63) is 48.3 Å². The van der Waals surface area contributed by atoms with Crippen molar-refractivity contribution in [2.24, 2.45) is 0 Å². The van der Waals surface area contributed by atoms with Crippen LogP contribution in [-0.4, -0.2) is 30.6 Å². The van der Waals surface area contributed by atoms with Gasteiger partial charge in [-0.2, -0.15) is 0 Å². The molecule has 2 aromatic heterocycles. The highest BCUT2D eigenvalue weighted by Gasteiger charge is 2.21. The quantitative estimate of drug-likeness (QED) is 0.859. The Labute approximate surface area is 116 Å². The summed E-state index contributed by atoms with van der Waals surface area (Å²) >= 11 is 0. The van der Waals surface area contributed by atoms with E-state index in [9.17, 15) is 4.79 Å². The molecule has 0 bridgehead atoms. The fourth-order valence-corrected chi connectivity index (χ4v) is 1.74. The van der Waals surface area contributed by atoms with E-state index in [4.69, 9.17) is 5.11 Å². The summed E-state index contributed by atoms with van der Waals surface area (Å²) in [6.07, 6.45) is 7.79. The summed E-state index contributed by atoms with van der Waals surface area (Å²) < 4.78 is 1.72. The van der Waals surface area contributed by atoms with Crippen molar-refractivity contribution < 1.29 is 9.90 Å². The number of aryl methyl sites for hydroxylation is 1. The first-order valence-corrected chi connectivity index (χ1v) is 6.15. The second-order valence-corrected chi connectivity index (χ2v) is 5.06. The van der Waals surface area contributed by atoms with Crippen LogP contribution < -0.4 is 0 Å². The van der Waals surface area contributed by atoms with Gasteiger partial charge in [-0.05, 0) is 13.0 Å². The lowest BCUT2D eigenvalue weighted by Gasteiger charge is -2.20. The maximum atomic E-state index is 10.7. The highest BCUT2D eigenvalue weighted by Crippen LogP contribution is 2.24. The number of carbonyl (C=O) groups is 1. The fourth-order valence-electron chi connectivity index (χ4n) is 1.74. The molecule has 1 N–H and O–H groups in total. The molecule has 0 fully saturated rings. The van der Waals surface area contributed by atoms with Crippen LogP contribution in [0.4, 0.5) is 0 Å². The van der Waals surface area contributed by atoms with Crippen molar-refractivity contribution in [1.82, 2.24) is 19.5 Å². The number of nitrogens with zero attached hydrogens (tertiary/aromatic N) is 4. The highest BCUT2D eigenvalue weighted by atomic mass is 16.4. The van der Waals surface area contributed by atoms with E-state index in [2.05, 4.69) is 15.0 Å². The van der Waals surface area contributed by atoms with Crippen LogP contribution in [-0.2, 0) is 10.2 Å².